The van der Waals surface area contributed by atoms with Crippen LogP contribution in [0.5, 0.6) is 0 Å². The van der Waals surface area contributed by atoms with Crippen LogP contribution in [0.1, 0.15) is 0 Å². The van der Waals surface area contributed by atoms with Crippen LogP contribution < -0.4 is 0 Å². The summed E-state index contributed by atoms with van der Waals surface area (Å²) in [5.41, 5.74) is 5.73. The van der Waals surface area contributed by atoms with Gasteiger partial charge in [-0.2, -0.15) is 0 Å². The van der Waals surface area contributed by atoms with E-state index in [0.29, 0.717) is 0 Å². The third kappa shape index (κ3) is 4.68. The molecule has 0 aliphatic rings. The Kier molecular flexibility index (Phi) is 7.12. The van der Waals surface area contributed by atoms with Gasteiger partial charge in [0, 0.05) is 63.3 Å². The Hall–Kier alpha value is -5.94. The Balaban J connectivity index is 1.26. The number of nitrogens with zero attached hydrogens (tertiary/aromatic N) is 2. The van der Waals surface area contributed by atoms with Crippen molar-refractivity contribution in [3.05, 3.63) is 194 Å². The molecule has 0 spiro atoms. The molecule has 0 radical (unpaired) electrons. The normalized spacial score (nSPS) is 12.2. The van der Waals surface area contributed by atoms with Gasteiger partial charge in [0.1, 0.15) is 0 Å². The minimum Gasteiger partial charge on any atom is -0.309 e. The fourth-order valence-electron chi connectivity index (χ4n) is 7.77. The molecule has 0 aliphatic heterocycles. The molecule has 0 unspecified atom stereocenters. The number of rotatable bonds is 6. The second-order valence-electron chi connectivity index (χ2n) is 12.8. The molecule has 51 heavy (non-hydrogen) atoms. The molecule has 0 amide bonds. The summed E-state index contributed by atoms with van der Waals surface area (Å²) in [7, 11) is -1.98. The van der Waals surface area contributed by atoms with Crippen molar-refractivity contribution in [1.29, 1.82) is 0 Å². The molecule has 10 aromatic rings. The van der Waals surface area contributed by atoms with Crippen molar-refractivity contribution in [3.63, 3.8) is 0 Å². The van der Waals surface area contributed by atoms with Crippen molar-refractivity contribution in [3.8, 4) is 16.9 Å². The van der Waals surface area contributed by atoms with Gasteiger partial charge in [-0.3, -0.25) is 4.98 Å². The molecule has 242 valence electrons. The van der Waals surface area contributed by atoms with E-state index in [9.17, 15) is 0 Å². The smallest absolute Gasteiger partial charge is 0.0880 e. The first-order valence-corrected chi connectivity index (χ1v) is 19.6. The van der Waals surface area contributed by atoms with E-state index in [1.807, 2.05) is 17.5 Å². The van der Waals surface area contributed by atoms with Gasteiger partial charge in [0.2, 0.25) is 0 Å². The van der Waals surface area contributed by atoms with Gasteiger partial charge in [-0.05, 0) is 78.9 Å². The number of thiophene rings is 1. The van der Waals surface area contributed by atoms with Gasteiger partial charge in [-0.25, -0.2) is 0 Å². The van der Waals surface area contributed by atoms with Crippen molar-refractivity contribution in [2.75, 3.05) is 0 Å². The Morgan fingerprint density at radius 2 is 0.980 bits per heavy atom. The number of aromatic nitrogens is 2. The zero-order valence-electron chi connectivity index (χ0n) is 27.7. The van der Waals surface area contributed by atoms with E-state index in [-0.39, 0.29) is 0 Å². The van der Waals surface area contributed by atoms with E-state index in [1.165, 1.54) is 61.6 Å². The largest absolute Gasteiger partial charge is 0.309 e. The van der Waals surface area contributed by atoms with Gasteiger partial charge in [0.05, 0.1) is 21.4 Å². The fraction of sp³-hybridized carbons (Fsp3) is 0. The molecular formula is C47H32N2S2. The summed E-state index contributed by atoms with van der Waals surface area (Å²) in [5, 5.41) is 5.07. The summed E-state index contributed by atoms with van der Waals surface area (Å²) >= 11 is 1.83. The van der Waals surface area contributed by atoms with Crippen LogP contribution >= 0.6 is 21.4 Å². The highest BCUT2D eigenvalue weighted by Gasteiger charge is 2.34. The predicted molar refractivity (Wildman–Crippen MR) is 217 cm³/mol. The first-order chi connectivity index (χ1) is 25.3. The van der Waals surface area contributed by atoms with Crippen molar-refractivity contribution < 1.29 is 0 Å². The molecule has 0 saturated heterocycles. The standard InChI is InChI=1S/C47H32N2S2/c1-3-17-35(18-4-1)51(36-19-5-2-6-20-36,37-21-13-15-33(31-37)46-47-42(29-30-48-46)41-25-9-12-28-45(41)50-47)38-22-14-16-34(32-38)49-43-26-10-7-23-39(43)40-24-8-11-27-44(40)49/h1-32H. The number of fused-ring (bicyclic) bond motifs is 6. The molecule has 10 rings (SSSR count). The average Bonchev–Trinajstić information content (AvgIpc) is 3.76. The summed E-state index contributed by atoms with van der Waals surface area (Å²) < 4.78 is 4.94. The van der Waals surface area contributed by atoms with E-state index in [0.717, 1.165) is 16.9 Å². The SMILES string of the molecule is c1ccc(S(c2ccccc2)(c2cccc(-c3nccc4c3sc3ccccc34)c2)c2cccc(-n3c4ccccc4c4ccccc43)c2)cc1. The minimum atomic E-state index is -1.98. The number of pyridine rings is 1. The van der Waals surface area contributed by atoms with Crippen LogP contribution in [0.4, 0.5) is 0 Å². The van der Waals surface area contributed by atoms with E-state index >= 15 is 0 Å². The maximum absolute atomic E-state index is 5.04. The van der Waals surface area contributed by atoms with Gasteiger partial charge in [-0.1, -0.05) is 109 Å². The number of para-hydroxylation sites is 2. The number of hydrogen-bond acceptors (Lipinski definition) is 2. The summed E-state index contributed by atoms with van der Waals surface area (Å²) in [6.07, 6.45) is 1.97. The highest BCUT2D eigenvalue weighted by molar-refractivity contribution is 8.34. The molecule has 0 N–H and O–H groups in total. The highest BCUT2D eigenvalue weighted by atomic mass is 32.3. The second-order valence-corrected chi connectivity index (χ2v) is 16.9. The quantitative estimate of drug-likeness (QED) is 0.170. The first-order valence-electron chi connectivity index (χ1n) is 17.2. The van der Waals surface area contributed by atoms with Gasteiger partial charge >= 0.3 is 0 Å². The van der Waals surface area contributed by atoms with Crippen molar-refractivity contribution in [2.24, 2.45) is 0 Å². The lowest BCUT2D eigenvalue weighted by atomic mass is 10.1. The predicted octanol–water partition coefficient (Wildman–Crippen LogP) is 13.6. The highest BCUT2D eigenvalue weighted by Crippen LogP contribution is 2.73. The molecule has 0 fully saturated rings. The maximum Gasteiger partial charge on any atom is 0.0880 e. The van der Waals surface area contributed by atoms with Crippen LogP contribution in [0.3, 0.4) is 0 Å². The third-order valence-electron chi connectivity index (χ3n) is 9.96. The maximum atomic E-state index is 5.04. The number of hydrogen-bond donors (Lipinski definition) is 0. The Morgan fingerprint density at radius 3 is 1.67 bits per heavy atom. The van der Waals surface area contributed by atoms with Gasteiger partial charge in [0.25, 0.3) is 0 Å². The van der Waals surface area contributed by atoms with Crippen molar-refractivity contribution in [1.82, 2.24) is 9.55 Å². The van der Waals surface area contributed by atoms with E-state index in [2.05, 4.69) is 193 Å². The molecule has 2 nitrogen and oxygen atoms in total. The summed E-state index contributed by atoms with van der Waals surface area (Å²) in [5.74, 6) is 0. The van der Waals surface area contributed by atoms with Gasteiger partial charge in [0.15, 0.2) is 0 Å². The van der Waals surface area contributed by atoms with Crippen LogP contribution in [0, 0.1) is 0 Å². The van der Waals surface area contributed by atoms with Crippen LogP contribution in [0.2, 0.25) is 0 Å². The molecule has 0 aliphatic carbocycles. The summed E-state index contributed by atoms with van der Waals surface area (Å²) in [4.78, 5) is 10.2. The van der Waals surface area contributed by atoms with E-state index < -0.39 is 10.0 Å². The van der Waals surface area contributed by atoms with Crippen LogP contribution in [-0.2, 0) is 0 Å². The van der Waals surface area contributed by atoms with Gasteiger partial charge in [-0.15, -0.1) is 21.4 Å². The molecule has 7 aromatic carbocycles. The lowest BCUT2D eigenvalue weighted by Gasteiger charge is -2.42. The third-order valence-corrected chi connectivity index (χ3v) is 15.0. The zero-order valence-corrected chi connectivity index (χ0v) is 29.3. The molecular weight excluding hydrogens is 657 g/mol. The number of benzene rings is 7. The van der Waals surface area contributed by atoms with E-state index in [4.69, 9.17) is 4.98 Å². The van der Waals surface area contributed by atoms with Gasteiger partial charge < -0.3 is 4.57 Å². The summed E-state index contributed by atoms with van der Waals surface area (Å²) in [6.45, 7) is 0. The zero-order chi connectivity index (χ0) is 33.8. The van der Waals surface area contributed by atoms with Crippen LogP contribution in [0.15, 0.2) is 214 Å². The lowest BCUT2D eigenvalue weighted by Crippen LogP contribution is -2.06. The second kappa shape index (κ2) is 12.1. The minimum absolute atomic E-state index is 1.03. The Bertz CT molecular complexity index is 2780. The summed E-state index contributed by atoms with van der Waals surface area (Å²) in [6, 6.07) is 69.0. The molecule has 0 bridgehead atoms. The topological polar surface area (TPSA) is 17.8 Å². The molecule has 3 aromatic heterocycles. The molecule has 3 heterocycles. The Labute approximate surface area is 302 Å². The molecule has 4 heteroatoms. The lowest BCUT2D eigenvalue weighted by molar-refractivity contribution is 1.15. The van der Waals surface area contributed by atoms with Crippen molar-refractivity contribution in [2.45, 2.75) is 19.6 Å². The molecule has 0 atom stereocenters. The fourth-order valence-corrected chi connectivity index (χ4v) is 12.9. The van der Waals surface area contributed by atoms with Crippen molar-refractivity contribution >= 4 is 63.3 Å². The first kappa shape index (κ1) is 29.9. The monoisotopic (exact) mass is 688 g/mol. The van der Waals surface area contributed by atoms with Crippen LogP contribution in [0.25, 0.3) is 58.9 Å². The van der Waals surface area contributed by atoms with E-state index in [1.54, 1.807) is 0 Å². The molecule has 0 saturated carbocycles. The van der Waals surface area contributed by atoms with Crippen LogP contribution in [-0.4, -0.2) is 9.55 Å². The Morgan fingerprint density at radius 1 is 0.431 bits per heavy atom. The average molecular weight is 689 g/mol.